The summed E-state index contributed by atoms with van der Waals surface area (Å²) in [7, 11) is 0. The van der Waals surface area contributed by atoms with Gasteiger partial charge in [0, 0.05) is 24.0 Å². The van der Waals surface area contributed by atoms with Gasteiger partial charge in [0.1, 0.15) is 4.33 Å². The Kier molecular flexibility index (Phi) is 8.22. The molecule has 0 aliphatic heterocycles. The normalized spacial score (nSPS) is 46.9. The molecule has 0 heterocycles. The molecule has 0 atom stereocenters. The topological polar surface area (TPSA) is 18.5 Å². The number of alkyl halides is 2. The van der Waals surface area contributed by atoms with Crippen LogP contribution in [-0.2, 0) is 9.47 Å². The molecular weight excluding hydrogens is 463 g/mol. The fraction of sp³-hybridized carbons (Fsp3) is 1.00. The maximum atomic E-state index is 7.38. The highest BCUT2D eigenvalue weighted by Crippen LogP contribution is 2.77. The van der Waals surface area contributed by atoms with E-state index in [1.165, 1.54) is 109 Å². The lowest BCUT2D eigenvalue weighted by Gasteiger charge is -2.69. The minimum absolute atomic E-state index is 0.206. The number of ether oxygens (including phenoxy) is 2. The van der Waals surface area contributed by atoms with Crippen LogP contribution in [0, 0.1) is 34.5 Å². The zero-order chi connectivity index (χ0) is 23.8. The van der Waals surface area contributed by atoms with E-state index in [9.17, 15) is 0 Å². The molecule has 0 aromatic heterocycles. The van der Waals surface area contributed by atoms with Gasteiger partial charge in [0.15, 0.2) is 0 Å². The van der Waals surface area contributed by atoms with Crippen LogP contribution in [0.1, 0.15) is 123 Å². The number of hydrogen-bond acceptors (Lipinski definition) is 2. The van der Waals surface area contributed by atoms with Crippen LogP contribution in [0.2, 0.25) is 0 Å². The summed E-state index contributed by atoms with van der Waals surface area (Å²) in [5.41, 5.74) is 0.412. The number of halogens is 2. The lowest BCUT2D eigenvalue weighted by molar-refractivity contribution is -0.123. The molecule has 5 aliphatic rings. The fourth-order valence-corrected chi connectivity index (χ4v) is 10.6. The smallest absolute Gasteiger partial charge is 0.129 e. The Labute approximate surface area is 219 Å². The first kappa shape index (κ1) is 26.1. The summed E-state index contributed by atoms with van der Waals surface area (Å²) in [6.07, 6.45) is 23.4. The largest absolute Gasteiger partial charge is 0.379 e. The lowest BCUT2D eigenvalue weighted by Crippen LogP contribution is -2.66. The second-order valence-corrected chi connectivity index (χ2v) is 14.3. The van der Waals surface area contributed by atoms with Crippen molar-refractivity contribution in [2.45, 2.75) is 140 Å². The Morgan fingerprint density at radius 2 is 0.853 bits per heavy atom. The predicted octanol–water partition coefficient (Wildman–Crippen LogP) is 9.11. The highest BCUT2D eigenvalue weighted by Gasteiger charge is 2.72. The van der Waals surface area contributed by atoms with Crippen molar-refractivity contribution in [1.82, 2.24) is 0 Å². The maximum absolute atomic E-state index is 7.38. The first-order valence-corrected chi connectivity index (χ1v) is 15.8. The van der Waals surface area contributed by atoms with Gasteiger partial charge in [-0.25, -0.2) is 0 Å². The zero-order valence-corrected chi connectivity index (χ0v) is 23.5. The molecule has 0 aromatic carbocycles. The molecule has 34 heavy (non-hydrogen) atoms. The average Bonchev–Trinajstić information content (AvgIpc) is 2.86. The van der Waals surface area contributed by atoms with E-state index in [0.717, 1.165) is 36.9 Å². The van der Waals surface area contributed by atoms with Gasteiger partial charge in [-0.05, 0) is 147 Å². The van der Waals surface area contributed by atoms with Gasteiger partial charge in [0.25, 0.3) is 0 Å². The molecule has 4 heteroatoms. The van der Waals surface area contributed by atoms with Crippen molar-refractivity contribution in [2.75, 3.05) is 13.2 Å². The van der Waals surface area contributed by atoms with Gasteiger partial charge in [-0.1, -0.05) is 0 Å². The van der Waals surface area contributed by atoms with E-state index >= 15 is 0 Å². The molecule has 0 bridgehead atoms. The second kappa shape index (κ2) is 10.7. The summed E-state index contributed by atoms with van der Waals surface area (Å²) in [6, 6.07) is 0. The molecule has 2 spiro atoms. The Morgan fingerprint density at radius 1 is 0.529 bits per heavy atom. The van der Waals surface area contributed by atoms with E-state index in [4.69, 9.17) is 32.7 Å². The molecule has 0 amide bonds. The molecule has 0 N–H and O–H groups in total. The van der Waals surface area contributed by atoms with E-state index in [1.54, 1.807) is 0 Å². The fourth-order valence-electron chi connectivity index (χ4n) is 9.56. The maximum Gasteiger partial charge on any atom is 0.129 e. The van der Waals surface area contributed by atoms with Crippen molar-refractivity contribution >= 4 is 23.2 Å². The Hall–Kier alpha value is 0.500. The number of rotatable bonds is 6. The molecule has 5 rings (SSSR count). The van der Waals surface area contributed by atoms with E-state index in [1.807, 2.05) is 0 Å². The van der Waals surface area contributed by atoms with Crippen LogP contribution in [-0.4, -0.2) is 29.8 Å². The highest BCUT2D eigenvalue weighted by atomic mass is 35.5. The first-order valence-electron chi connectivity index (χ1n) is 15.0. The third kappa shape index (κ3) is 4.74. The van der Waals surface area contributed by atoms with Crippen LogP contribution in [0.15, 0.2) is 0 Å². The molecule has 196 valence electrons. The zero-order valence-electron chi connectivity index (χ0n) is 22.0. The van der Waals surface area contributed by atoms with E-state index in [-0.39, 0.29) is 10.8 Å². The van der Waals surface area contributed by atoms with Crippen molar-refractivity contribution in [3.63, 3.8) is 0 Å². The monoisotopic (exact) mass is 512 g/mol. The van der Waals surface area contributed by atoms with Crippen molar-refractivity contribution in [2.24, 2.45) is 34.5 Å². The lowest BCUT2D eigenvalue weighted by atomic mass is 9.42. The average molecular weight is 514 g/mol. The van der Waals surface area contributed by atoms with Gasteiger partial charge in [0.05, 0.1) is 12.2 Å². The third-order valence-electron chi connectivity index (χ3n) is 11.6. The van der Waals surface area contributed by atoms with Gasteiger partial charge in [0.2, 0.25) is 0 Å². The summed E-state index contributed by atoms with van der Waals surface area (Å²) in [5.74, 6) is 3.63. The summed E-state index contributed by atoms with van der Waals surface area (Å²) < 4.78 is 11.3. The Morgan fingerprint density at radius 3 is 1.15 bits per heavy atom. The second-order valence-electron chi connectivity index (χ2n) is 13.0. The van der Waals surface area contributed by atoms with Crippen LogP contribution in [0.3, 0.4) is 0 Å². The van der Waals surface area contributed by atoms with Crippen LogP contribution in [0.4, 0.5) is 0 Å². The molecule has 0 aromatic rings. The van der Waals surface area contributed by atoms with Crippen LogP contribution < -0.4 is 0 Å². The van der Waals surface area contributed by atoms with Gasteiger partial charge in [-0.15, -0.1) is 23.2 Å². The van der Waals surface area contributed by atoms with Crippen LogP contribution in [0.5, 0.6) is 0 Å². The van der Waals surface area contributed by atoms with Gasteiger partial charge >= 0.3 is 0 Å². The molecule has 0 saturated heterocycles. The Bertz CT molecular complexity index is 593. The molecular formula is C30H50Cl2O2. The van der Waals surface area contributed by atoms with E-state index < -0.39 is 4.33 Å². The predicted molar refractivity (Wildman–Crippen MR) is 143 cm³/mol. The highest BCUT2D eigenvalue weighted by molar-refractivity contribution is 6.50. The summed E-state index contributed by atoms with van der Waals surface area (Å²) >= 11 is 14.8. The minimum atomic E-state index is -0.491. The molecule has 0 radical (unpaired) electrons. The summed E-state index contributed by atoms with van der Waals surface area (Å²) in [4.78, 5) is 0. The molecule has 5 fully saturated rings. The standard InChI is InChI=1S/C30H50Cl2O2/c1-3-33-26-9-5-22(6-10-26)24-13-17-28(18-14-24)21-29(30(28,31)32)19-15-25(16-20-29)23-7-11-27(12-8-23)34-4-2/h22-27H,3-21H2,1-2H3. The number of hydrogen-bond donors (Lipinski definition) is 0. The summed E-state index contributed by atoms with van der Waals surface area (Å²) in [6.45, 7) is 5.99. The van der Waals surface area contributed by atoms with E-state index in [2.05, 4.69) is 13.8 Å². The van der Waals surface area contributed by atoms with Gasteiger partial charge < -0.3 is 9.47 Å². The van der Waals surface area contributed by atoms with Crippen molar-refractivity contribution in [1.29, 1.82) is 0 Å². The van der Waals surface area contributed by atoms with Gasteiger partial charge in [-0.2, -0.15) is 0 Å². The van der Waals surface area contributed by atoms with Crippen molar-refractivity contribution in [3.05, 3.63) is 0 Å². The molecule has 5 saturated carbocycles. The SMILES string of the molecule is CCOC1CCC(C2CCC3(CC2)CC2(CCC(C4CCC(OCC)CC4)CC2)C3(Cl)Cl)CC1. The van der Waals surface area contributed by atoms with Crippen LogP contribution in [0.25, 0.3) is 0 Å². The molecule has 5 aliphatic carbocycles. The first-order chi connectivity index (χ1) is 16.4. The Balaban J connectivity index is 1.09. The molecule has 0 unspecified atom stereocenters. The van der Waals surface area contributed by atoms with Gasteiger partial charge in [-0.3, -0.25) is 0 Å². The van der Waals surface area contributed by atoms with Crippen molar-refractivity contribution < 1.29 is 9.47 Å². The molecule has 2 nitrogen and oxygen atoms in total. The van der Waals surface area contributed by atoms with E-state index in [0.29, 0.717) is 12.2 Å². The van der Waals surface area contributed by atoms with Crippen LogP contribution >= 0.6 is 23.2 Å². The van der Waals surface area contributed by atoms with Crippen molar-refractivity contribution in [3.8, 4) is 0 Å². The quantitative estimate of drug-likeness (QED) is 0.330. The minimum Gasteiger partial charge on any atom is -0.379 e. The third-order valence-corrected chi connectivity index (χ3v) is 13.2. The summed E-state index contributed by atoms with van der Waals surface area (Å²) in [5, 5.41) is 0.